The van der Waals surface area contributed by atoms with E-state index in [2.05, 4.69) is 26.8 Å². The first-order valence-electron chi connectivity index (χ1n) is 7.85. The van der Waals surface area contributed by atoms with Crippen molar-refractivity contribution in [1.29, 1.82) is 5.26 Å². The van der Waals surface area contributed by atoms with E-state index in [0.29, 0.717) is 12.5 Å². The number of nitriles is 1. The third kappa shape index (κ3) is 2.89. The number of likely N-dealkylation sites (N-methyl/N-ethyl adjacent to an activating group) is 1. The molecule has 0 bridgehead atoms. The zero-order chi connectivity index (χ0) is 16.4. The summed E-state index contributed by atoms with van der Waals surface area (Å²) in [5.41, 5.74) is 1.04. The Kier molecular flexibility index (Phi) is 4.24. The van der Waals surface area contributed by atoms with E-state index in [1.807, 2.05) is 19.3 Å². The SMILES string of the molecule is C[C@@H]1CCN(C(=O)CC#N)C[C@@H]1N(C)c1ncnc2c1CC=N2. The smallest absolute Gasteiger partial charge is 0.236 e. The van der Waals surface area contributed by atoms with E-state index in [9.17, 15) is 4.79 Å². The first-order chi connectivity index (χ1) is 11.1. The van der Waals surface area contributed by atoms with Crippen LogP contribution in [0.4, 0.5) is 11.6 Å². The summed E-state index contributed by atoms with van der Waals surface area (Å²) >= 11 is 0. The molecule has 0 unspecified atom stereocenters. The molecule has 7 heteroatoms. The summed E-state index contributed by atoms with van der Waals surface area (Å²) in [5, 5.41) is 8.74. The van der Waals surface area contributed by atoms with Gasteiger partial charge in [0.2, 0.25) is 5.91 Å². The normalized spacial score (nSPS) is 22.6. The number of likely N-dealkylation sites (tertiary alicyclic amines) is 1. The largest absolute Gasteiger partial charge is 0.354 e. The number of aliphatic imine (C=N–C) groups is 1. The first-order valence-corrected chi connectivity index (χ1v) is 7.85. The Labute approximate surface area is 135 Å². The van der Waals surface area contributed by atoms with Crippen LogP contribution in [0.15, 0.2) is 11.3 Å². The highest BCUT2D eigenvalue weighted by Gasteiger charge is 2.33. The predicted molar refractivity (Wildman–Crippen MR) is 86.7 cm³/mol. The molecule has 1 amide bonds. The van der Waals surface area contributed by atoms with Crippen LogP contribution in [0.25, 0.3) is 0 Å². The molecule has 120 valence electrons. The molecule has 1 aromatic rings. The van der Waals surface area contributed by atoms with E-state index < -0.39 is 0 Å². The number of carbonyl (C=O) groups excluding carboxylic acids is 1. The first kappa shape index (κ1) is 15.4. The van der Waals surface area contributed by atoms with E-state index in [4.69, 9.17) is 5.26 Å². The van der Waals surface area contributed by atoms with Crippen molar-refractivity contribution in [2.75, 3.05) is 25.0 Å². The molecule has 3 rings (SSSR count). The molecule has 1 saturated heterocycles. The van der Waals surface area contributed by atoms with Crippen molar-refractivity contribution in [3.8, 4) is 6.07 Å². The van der Waals surface area contributed by atoms with Gasteiger partial charge in [0.05, 0.1) is 12.1 Å². The van der Waals surface area contributed by atoms with Crippen LogP contribution in [0.3, 0.4) is 0 Å². The Morgan fingerprint density at radius 2 is 2.35 bits per heavy atom. The Bertz CT molecular complexity index is 680. The van der Waals surface area contributed by atoms with Gasteiger partial charge >= 0.3 is 0 Å². The lowest BCUT2D eigenvalue weighted by Gasteiger charge is -2.42. The van der Waals surface area contributed by atoms with Gasteiger partial charge < -0.3 is 9.80 Å². The van der Waals surface area contributed by atoms with Crippen molar-refractivity contribution in [2.45, 2.75) is 32.2 Å². The van der Waals surface area contributed by atoms with Crippen LogP contribution in [0.2, 0.25) is 0 Å². The molecule has 23 heavy (non-hydrogen) atoms. The monoisotopic (exact) mass is 312 g/mol. The third-order valence-corrected chi connectivity index (χ3v) is 4.74. The van der Waals surface area contributed by atoms with Gasteiger partial charge in [-0.3, -0.25) is 4.79 Å². The van der Waals surface area contributed by atoms with Crippen molar-refractivity contribution in [2.24, 2.45) is 10.9 Å². The number of amides is 1. The maximum Gasteiger partial charge on any atom is 0.236 e. The number of piperidine rings is 1. The Balaban J connectivity index is 1.81. The molecule has 1 fully saturated rings. The average molecular weight is 312 g/mol. The van der Waals surface area contributed by atoms with E-state index in [0.717, 1.165) is 36.6 Å². The van der Waals surface area contributed by atoms with E-state index in [-0.39, 0.29) is 18.4 Å². The second kappa shape index (κ2) is 6.32. The lowest BCUT2D eigenvalue weighted by Crippen LogP contribution is -2.53. The van der Waals surface area contributed by atoms with Crippen LogP contribution in [0, 0.1) is 17.2 Å². The van der Waals surface area contributed by atoms with Gasteiger partial charge in [-0.25, -0.2) is 15.0 Å². The van der Waals surface area contributed by atoms with Gasteiger partial charge in [0, 0.05) is 38.3 Å². The van der Waals surface area contributed by atoms with Crippen LogP contribution in [0.5, 0.6) is 0 Å². The molecule has 0 aliphatic carbocycles. The zero-order valence-corrected chi connectivity index (χ0v) is 13.4. The van der Waals surface area contributed by atoms with Gasteiger partial charge in [0.25, 0.3) is 0 Å². The van der Waals surface area contributed by atoms with Crippen molar-refractivity contribution in [3.63, 3.8) is 0 Å². The molecule has 0 saturated carbocycles. The fourth-order valence-corrected chi connectivity index (χ4v) is 3.33. The summed E-state index contributed by atoms with van der Waals surface area (Å²) in [6.45, 7) is 3.54. The van der Waals surface area contributed by atoms with Gasteiger partial charge in [-0.15, -0.1) is 0 Å². The van der Waals surface area contributed by atoms with Gasteiger partial charge in [-0.2, -0.15) is 5.26 Å². The average Bonchev–Trinajstić information content (AvgIpc) is 3.03. The highest BCUT2D eigenvalue weighted by atomic mass is 16.2. The minimum Gasteiger partial charge on any atom is -0.354 e. The Morgan fingerprint density at radius 3 is 3.13 bits per heavy atom. The fraction of sp³-hybridized carbons (Fsp3) is 0.562. The molecule has 0 aromatic carbocycles. The zero-order valence-electron chi connectivity index (χ0n) is 13.4. The van der Waals surface area contributed by atoms with Crippen molar-refractivity contribution < 1.29 is 4.79 Å². The molecule has 2 aliphatic rings. The number of nitrogens with zero attached hydrogens (tertiary/aromatic N) is 6. The van der Waals surface area contributed by atoms with Crippen LogP contribution in [-0.2, 0) is 11.2 Å². The summed E-state index contributed by atoms with van der Waals surface area (Å²) in [6, 6.07) is 2.12. The number of aromatic nitrogens is 2. The lowest BCUT2D eigenvalue weighted by molar-refractivity contribution is -0.131. The molecule has 1 aromatic heterocycles. The van der Waals surface area contributed by atoms with Crippen molar-refractivity contribution in [3.05, 3.63) is 11.9 Å². The molecule has 2 aliphatic heterocycles. The lowest BCUT2D eigenvalue weighted by atomic mass is 9.92. The quantitative estimate of drug-likeness (QED) is 0.840. The molecule has 2 atom stereocenters. The van der Waals surface area contributed by atoms with Crippen LogP contribution in [0.1, 0.15) is 25.3 Å². The van der Waals surface area contributed by atoms with Gasteiger partial charge in [0.1, 0.15) is 18.6 Å². The topological polar surface area (TPSA) is 85.5 Å². The second-order valence-corrected chi connectivity index (χ2v) is 6.13. The molecule has 3 heterocycles. The summed E-state index contributed by atoms with van der Waals surface area (Å²) in [6.07, 6.45) is 5.01. The van der Waals surface area contributed by atoms with E-state index >= 15 is 0 Å². The summed E-state index contributed by atoms with van der Waals surface area (Å²) in [4.78, 5) is 28.9. The molecule has 0 spiro atoms. The summed E-state index contributed by atoms with van der Waals surface area (Å²) in [7, 11) is 2.01. The van der Waals surface area contributed by atoms with Crippen LogP contribution < -0.4 is 4.90 Å². The minimum absolute atomic E-state index is 0.0540. The fourth-order valence-electron chi connectivity index (χ4n) is 3.33. The summed E-state index contributed by atoms with van der Waals surface area (Å²) in [5.74, 6) is 1.98. The molecular weight excluding hydrogens is 292 g/mol. The number of fused-ring (bicyclic) bond motifs is 1. The molecule has 0 radical (unpaired) electrons. The number of anilines is 1. The highest BCUT2D eigenvalue weighted by Crippen LogP contribution is 2.32. The second-order valence-electron chi connectivity index (χ2n) is 6.13. The number of carbonyl (C=O) groups is 1. The maximum atomic E-state index is 12.0. The molecular formula is C16H20N6O. The molecule has 0 N–H and O–H groups in total. The minimum atomic E-state index is -0.0888. The van der Waals surface area contributed by atoms with Crippen LogP contribution in [-0.4, -0.2) is 53.2 Å². The standard InChI is InChI=1S/C16H20N6O/c1-11-5-8-22(14(23)3-6-17)9-13(11)21(2)16-12-4-7-18-15(12)19-10-20-16/h7,10-11,13H,3-5,8-9H2,1-2H3/t11-,13+/m1/s1. The van der Waals surface area contributed by atoms with Gasteiger partial charge in [-0.05, 0) is 12.3 Å². The van der Waals surface area contributed by atoms with Crippen molar-refractivity contribution in [1.82, 2.24) is 14.9 Å². The number of hydrogen-bond acceptors (Lipinski definition) is 6. The Morgan fingerprint density at radius 1 is 1.52 bits per heavy atom. The Hall–Kier alpha value is -2.49. The van der Waals surface area contributed by atoms with Crippen molar-refractivity contribution >= 4 is 23.8 Å². The van der Waals surface area contributed by atoms with Crippen LogP contribution >= 0.6 is 0 Å². The number of hydrogen-bond donors (Lipinski definition) is 0. The van der Waals surface area contributed by atoms with E-state index in [1.165, 1.54) is 0 Å². The van der Waals surface area contributed by atoms with Gasteiger partial charge in [0.15, 0.2) is 5.82 Å². The molecule has 7 nitrogen and oxygen atoms in total. The maximum absolute atomic E-state index is 12.0. The highest BCUT2D eigenvalue weighted by molar-refractivity contribution is 5.79. The predicted octanol–water partition coefficient (Wildman–Crippen LogP) is 1.32. The van der Waals surface area contributed by atoms with E-state index in [1.54, 1.807) is 11.2 Å². The third-order valence-electron chi connectivity index (χ3n) is 4.74. The number of rotatable bonds is 3. The van der Waals surface area contributed by atoms with Gasteiger partial charge in [-0.1, -0.05) is 6.92 Å². The summed E-state index contributed by atoms with van der Waals surface area (Å²) < 4.78 is 0.